The summed E-state index contributed by atoms with van der Waals surface area (Å²) in [5, 5.41) is 7.68. The second kappa shape index (κ2) is 12.3. The zero-order valence-electron chi connectivity index (χ0n) is 23.5. The zero-order chi connectivity index (χ0) is 27.9. The molecule has 196 valence electrons. The highest BCUT2D eigenvalue weighted by molar-refractivity contribution is 6.25. The van der Waals surface area contributed by atoms with Crippen molar-refractivity contribution in [3.63, 3.8) is 0 Å². The van der Waals surface area contributed by atoms with E-state index in [4.69, 9.17) is 0 Å². The van der Waals surface area contributed by atoms with Crippen LogP contribution in [0.4, 0.5) is 17.1 Å². The molecule has 6 aromatic carbocycles. The number of allylic oxidation sites excluding steroid dienone is 5. The van der Waals surface area contributed by atoms with Crippen LogP contribution in [0.2, 0.25) is 0 Å². The van der Waals surface area contributed by atoms with Gasteiger partial charge in [-0.05, 0) is 86.8 Å². The third-order valence-electron chi connectivity index (χ3n) is 7.10. The highest BCUT2D eigenvalue weighted by atomic mass is 15.1. The highest BCUT2D eigenvalue weighted by Crippen LogP contribution is 2.40. The van der Waals surface area contributed by atoms with Gasteiger partial charge in [0.2, 0.25) is 0 Å². The van der Waals surface area contributed by atoms with Crippen molar-refractivity contribution in [3.05, 3.63) is 158 Å². The summed E-state index contributed by atoms with van der Waals surface area (Å²) in [5.74, 6) is 0. The van der Waals surface area contributed by atoms with E-state index in [1.54, 1.807) is 0 Å². The third kappa shape index (κ3) is 5.07. The average molecular weight is 518 g/mol. The second-order valence-corrected chi connectivity index (χ2v) is 9.40. The van der Waals surface area contributed by atoms with Crippen molar-refractivity contribution in [1.82, 2.24) is 0 Å². The first-order chi connectivity index (χ1) is 19.8. The summed E-state index contributed by atoms with van der Waals surface area (Å²) < 4.78 is 0. The van der Waals surface area contributed by atoms with E-state index in [1.807, 2.05) is 32.9 Å². The zero-order valence-corrected chi connectivity index (χ0v) is 23.5. The Morgan fingerprint density at radius 2 is 1.02 bits per heavy atom. The van der Waals surface area contributed by atoms with Gasteiger partial charge in [0, 0.05) is 17.1 Å². The molecule has 0 aliphatic rings. The first kappa shape index (κ1) is 26.7. The summed E-state index contributed by atoms with van der Waals surface area (Å²) in [6.45, 7) is 9.92. The lowest BCUT2D eigenvalue weighted by Crippen LogP contribution is -2.09. The molecule has 1 heteroatoms. The first-order valence-corrected chi connectivity index (χ1v) is 14.0. The number of hydrogen-bond donors (Lipinski definition) is 0. The van der Waals surface area contributed by atoms with Gasteiger partial charge in [0.05, 0.1) is 0 Å². The van der Waals surface area contributed by atoms with Gasteiger partial charge in [-0.15, -0.1) is 0 Å². The Hall–Kier alpha value is -4.88. The molecule has 0 aliphatic heterocycles. The Bertz CT molecular complexity index is 1790. The summed E-state index contributed by atoms with van der Waals surface area (Å²) in [5.41, 5.74) is 5.68. The van der Waals surface area contributed by atoms with E-state index < -0.39 is 0 Å². The molecule has 0 spiro atoms. The van der Waals surface area contributed by atoms with Crippen LogP contribution in [0, 0.1) is 0 Å². The molecule has 0 amide bonds. The van der Waals surface area contributed by atoms with Crippen molar-refractivity contribution >= 4 is 55.0 Å². The predicted molar refractivity (Wildman–Crippen MR) is 178 cm³/mol. The summed E-state index contributed by atoms with van der Waals surface area (Å²) in [6, 6.07) is 43.7. The van der Waals surface area contributed by atoms with E-state index in [9.17, 15) is 0 Å². The number of nitrogens with zero attached hydrogens (tertiary/aromatic N) is 1. The molecule has 0 atom stereocenters. The van der Waals surface area contributed by atoms with Gasteiger partial charge in [0.15, 0.2) is 0 Å². The maximum Gasteiger partial charge on any atom is 0.0468 e. The number of fused-ring (bicyclic) bond motifs is 6. The van der Waals surface area contributed by atoms with Crippen LogP contribution < -0.4 is 4.90 Å². The van der Waals surface area contributed by atoms with Gasteiger partial charge in [-0.25, -0.2) is 0 Å². The fourth-order valence-electron chi connectivity index (χ4n) is 5.42. The maximum atomic E-state index is 3.88. The number of rotatable bonds is 6. The molecule has 0 N–H and O–H groups in total. The summed E-state index contributed by atoms with van der Waals surface area (Å²) in [6.07, 6.45) is 8.05. The molecule has 1 nitrogen and oxygen atoms in total. The fraction of sp³-hybridized carbons (Fsp3) is 0.0769. The van der Waals surface area contributed by atoms with Gasteiger partial charge in [0.25, 0.3) is 0 Å². The van der Waals surface area contributed by atoms with Gasteiger partial charge in [-0.1, -0.05) is 130 Å². The highest BCUT2D eigenvalue weighted by Gasteiger charge is 2.15. The predicted octanol–water partition coefficient (Wildman–Crippen LogP) is 11.8. The van der Waals surface area contributed by atoms with Crippen LogP contribution in [0.25, 0.3) is 37.9 Å². The monoisotopic (exact) mass is 517 g/mol. The van der Waals surface area contributed by atoms with Gasteiger partial charge >= 0.3 is 0 Å². The van der Waals surface area contributed by atoms with E-state index in [1.165, 1.54) is 32.3 Å². The topological polar surface area (TPSA) is 3.24 Å². The maximum absolute atomic E-state index is 3.88. The van der Waals surface area contributed by atoms with Crippen LogP contribution >= 0.6 is 0 Å². The van der Waals surface area contributed by atoms with Crippen LogP contribution in [-0.4, -0.2) is 0 Å². The smallest absolute Gasteiger partial charge is 0.0468 e. The largest absolute Gasteiger partial charge is 0.310 e. The van der Waals surface area contributed by atoms with Crippen molar-refractivity contribution in [3.8, 4) is 0 Å². The average Bonchev–Trinajstić information content (AvgIpc) is 3.03. The molecular formula is C39H35N. The molecule has 0 fully saturated rings. The lowest BCUT2D eigenvalue weighted by atomic mass is 9.94. The molecule has 6 aromatic rings. The fourth-order valence-corrected chi connectivity index (χ4v) is 5.42. The second-order valence-electron chi connectivity index (χ2n) is 9.40. The number of para-hydroxylation sites is 1. The van der Waals surface area contributed by atoms with E-state index in [2.05, 4.69) is 145 Å². The van der Waals surface area contributed by atoms with Crippen molar-refractivity contribution < 1.29 is 0 Å². The summed E-state index contributed by atoms with van der Waals surface area (Å²) in [4.78, 5) is 2.33. The standard InChI is InChI=1S/C37H29N.C2H6/c1-3-12-27(13-4-2)28-20-22-30(23-21-28)38(29-14-6-5-7-15-29)31-24-25-36-34-18-9-8-16-32(34)33-17-10-11-19-35(33)37(36)26-31;1-2/h3-26H,1H2,2H3;1-2H3/b13-4-,27-12+;. The van der Waals surface area contributed by atoms with E-state index >= 15 is 0 Å². The number of anilines is 3. The lowest BCUT2D eigenvalue weighted by molar-refractivity contribution is 1.29. The van der Waals surface area contributed by atoms with Crippen LogP contribution in [-0.2, 0) is 0 Å². The van der Waals surface area contributed by atoms with Crippen LogP contribution in [0.3, 0.4) is 0 Å². The minimum absolute atomic E-state index is 1.11. The molecule has 0 unspecified atom stereocenters. The minimum Gasteiger partial charge on any atom is -0.310 e. The Labute approximate surface area is 238 Å². The molecule has 0 saturated carbocycles. The molecule has 0 bridgehead atoms. The minimum atomic E-state index is 1.11. The van der Waals surface area contributed by atoms with Crippen molar-refractivity contribution in [2.24, 2.45) is 0 Å². The Balaban J connectivity index is 0.00000158. The van der Waals surface area contributed by atoms with Gasteiger partial charge < -0.3 is 4.90 Å². The molecule has 0 aliphatic carbocycles. The van der Waals surface area contributed by atoms with Crippen molar-refractivity contribution in [2.75, 3.05) is 4.90 Å². The molecule has 0 saturated heterocycles. The molecule has 6 rings (SSSR count). The molecule has 0 heterocycles. The number of hydrogen-bond acceptors (Lipinski definition) is 1. The van der Waals surface area contributed by atoms with E-state index in [0.717, 1.165) is 28.2 Å². The molecule has 40 heavy (non-hydrogen) atoms. The SMILES string of the molecule is C=C/C=C(\C=C/C)c1ccc(N(c2ccccc2)c2ccc3c4ccccc4c4ccccc4c3c2)cc1.CC. The van der Waals surface area contributed by atoms with Gasteiger partial charge in [0.1, 0.15) is 0 Å². The molecule has 0 aromatic heterocycles. The van der Waals surface area contributed by atoms with E-state index in [-0.39, 0.29) is 0 Å². The Kier molecular flexibility index (Phi) is 8.23. The van der Waals surface area contributed by atoms with Crippen molar-refractivity contribution in [2.45, 2.75) is 20.8 Å². The van der Waals surface area contributed by atoms with Gasteiger partial charge in [-0.3, -0.25) is 0 Å². The summed E-state index contributed by atoms with van der Waals surface area (Å²) >= 11 is 0. The van der Waals surface area contributed by atoms with E-state index in [0.29, 0.717) is 0 Å². The normalized spacial score (nSPS) is 11.5. The van der Waals surface area contributed by atoms with Crippen LogP contribution in [0.15, 0.2) is 152 Å². The first-order valence-electron chi connectivity index (χ1n) is 14.0. The Morgan fingerprint density at radius 3 is 1.57 bits per heavy atom. The molecule has 0 radical (unpaired) electrons. The molecular weight excluding hydrogens is 482 g/mol. The quantitative estimate of drug-likeness (QED) is 0.157. The lowest BCUT2D eigenvalue weighted by Gasteiger charge is -2.26. The van der Waals surface area contributed by atoms with Crippen molar-refractivity contribution in [1.29, 1.82) is 0 Å². The Morgan fingerprint density at radius 1 is 0.550 bits per heavy atom. The number of benzene rings is 6. The van der Waals surface area contributed by atoms with Crippen LogP contribution in [0.1, 0.15) is 26.3 Å². The van der Waals surface area contributed by atoms with Gasteiger partial charge in [-0.2, -0.15) is 0 Å². The van der Waals surface area contributed by atoms with Crippen LogP contribution in [0.5, 0.6) is 0 Å². The third-order valence-corrected chi connectivity index (χ3v) is 7.10. The summed E-state index contributed by atoms with van der Waals surface area (Å²) in [7, 11) is 0.